The number of hydrogen-bond donors (Lipinski definition) is 3. The van der Waals surface area contributed by atoms with Gasteiger partial charge in [-0.25, -0.2) is 4.68 Å². The van der Waals surface area contributed by atoms with E-state index in [1.165, 1.54) is 0 Å². The summed E-state index contributed by atoms with van der Waals surface area (Å²) in [6, 6.07) is 5.58. The first kappa shape index (κ1) is 21.1. The van der Waals surface area contributed by atoms with E-state index in [0.717, 1.165) is 31.5 Å². The molecule has 2 heterocycles. The first-order valence-corrected chi connectivity index (χ1v) is 8.87. The molecule has 0 unspecified atom stereocenters. The Hall–Kier alpha value is -2.16. The molecule has 146 valence electrons. The number of piperidine rings is 1. The van der Waals surface area contributed by atoms with Crippen LogP contribution >= 0.6 is 24.0 Å². The van der Waals surface area contributed by atoms with Gasteiger partial charge in [0.05, 0.1) is 29.5 Å². The van der Waals surface area contributed by atoms with Crippen LogP contribution in [0.3, 0.4) is 0 Å². The van der Waals surface area contributed by atoms with Crippen molar-refractivity contribution in [3.8, 4) is 0 Å². The molecular formula is C17H22Cl2N6O2. The Morgan fingerprint density at radius 2 is 2.07 bits per heavy atom. The average Bonchev–Trinajstić information content (AvgIpc) is 3.13. The SMILES string of the molecule is Cc1ccc(NC(=O)CNC(=O)c2cn(C3CCNCC3)nn2)c(Cl)c1.Cl. The maximum atomic E-state index is 12.2. The van der Waals surface area contributed by atoms with Crippen molar-refractivity contribution in [1.82, 2.24) is 25.6 Å². The number of aromatic nitrogens is 3. The van der Waals surface area contributed by atoms with Gasteiger partial charge in [-0.3, -0.25) is 9.59 Å². The number of carbonyl (C=O) groups excluding carboxylic acids is 2. The zero-order chi connectivity index (χ0) is 18.5. The van der Waals surface area contributed by atoms with Crippen LogP contribution in [-0.2, 0) is 4.79 Å². The molecule has 3 rings (SSSR count). The Labute approximate surface area is 168 Å². The van der Waals surface area contributed by atoms with Gasteiger partial charge in [0.25, 0.3) is 5.91 Å². The van der Waals surface area contributed by atoms with Gasteiger partial charge in [0, 0.05) is 0 Å². The maximum Gasteiger partial charge on any atom is 0.273 e. The van der Waals surface area contributed by atoms with Crippen LogP contribution in [0, 0.1) is 6.92 Å². The molecule has 27 heavy (non-hydrogen) atoms. The van der Waals surface area contributed by atoms with Gasteiger partial charge in [-0.05, 0) is 50.6 Å². The standard InChI is InChI=1S/C17H21ClN6O2.ClH/c1-11-2-3-14(13(18)8-11)21-16(25)9-20-17(26)15-10-24(23-22-15)12-4-6-19-7-5-12;/h2-3,8,10,12,19H,4-7,9H2,1H3,(H,20,26)(H,21,25);1H. The topological polar surface area (TPSA) is 101 Å². The van der Waals surface area contributed by atoms with Gasteiger partial charge in [-0.15, -0.1) is 17.5 Å². The largest absolute Gasteiger partial charge is 0.342 e. The molecule has 0 radical (unpaired) electrons. The third-order valence-electron chi connectivity index (χ3n) is 4.23. The van der Waals surface area contributed by atoms with Crippen LogP contribution in [0.4, 0.5) is 5.69 Å². The Kier molecular flexibility index (Phi) is 7.58. The predicted octanol–water partition coefficient (Wildman–Crippen LogP) is 1.95. The van der Waals surface area contributed by atoms with Gasteiger partial charge in [0.1, 0.15) is 0 Å². The van der Waals surface area contributed by atoms with Crippen molar-refractivity contribution >= 4 is 41.5 Å². The van der Waals surface area contributed by atoms with E-state index in [1.54, 1.807) is 23.0 Å². The molecule has 3 N–H and O–H groups in total. The highest BCUT2D eigenvalue weighted by Gasteiger charge is 2.19. The first-order chi connectivity index (χ1) is 12.5. The van der Waals surface area contributed by atoms with Gasteiger partial charge < -0.3 is 16.0 Å². The zero-order valence-electron chi connectivity index (χ0n) is 14.9. The van der Waals surface area contributed by atoms with E-state index < -0.39 is 5.91 Å². The summed E-state index contributed by atoms with van der Waals surface area (Å²) in [5.41, 5.74) is 1.70. The lowest BCUT2D eigenvalue weighted by molar-refractivity contribution is -0.115. The minimum atomic E-state index is -0.435. The number of rotatable bonds is 5. The summed E-state index contributed by atoms with van der Waals surface area (Å²) in [4.78, 5) is 24.2. The first-order valence-electron chi connectivity index (χ1n) is 8.49. The third kappa shape index (κ3) is 5.66. The second-order valence-corrected chi connectivity index (χ2v) is 6.69. The van der Waals surface area contributed by atoms with E-state index in [0.29, 0.717) is 10.7 Å². The van der Waals surface area contributed by atoms with E-state index in [2.05, 4.69) is 26.3 Å². The number of hydrogen-bond acceptors (Lipinski definition) is 5. The molecule has 0 atom stereocenters. The number of carbonyl (C=O) groups is 2. The van der Waals surface area contributed by atoms with Crippen LogP contribution < -0.4 is 16.0 Å². The molecule has 0 aliphatic carbocycles. The third-order valence-corrected chi connectivity index (χ3v) is 4.55. The van der Waals surface area contributed by atoms with Gasteiger partial charge in [-0.1, -0.05) is 22.9 Å². The Balaban J connectivity index is 0.00000261. The number of aryl methyl sites for hydroxylation is 1. The van der Waals surface area contributed by atoms with E-state index in [-0.39, 0.29) is 36.6 Å². The molecular weight excluding hydrogens is 391 g/mol. The number of anilines is 1. The molecule has 1 aromatic carbocycles. The van der Waals surface area contributed by atoms with Crippen molar-refractivity contribution in [2.24, 2.45) is 0 Å². The summed E-state index contributed by atoms with van der Waals surface area (Å²) in [7, 11) is 0. The summed E-state index contributed by atoms with van der Waals surface area (Å²) in [5, 5.41) is 16.9. The molecule has 0 saturated carbocycles. The van der Waals surface area contributed by atoms with Crippen molar-refractivity contribution in [2.45, 2.75) is 25.8 Å². The summed E-state index contributed by atoms with van der Waals surface area (Å²) in [6.07, 6.45) is 3.52. The number of nitrogens with zero attached hydrogens (tertiary/aromatic N) is 3. The molecule has 10 heteroatoms. The van der Waals surface area contributed by atoms with E-state index in [1.807, 2.05) is 13.0 Å². The Bertz CT molecular complexity index is 804. The lowest BCUT2D eigenvalue weighted by Crippen LogP contribution is -2.33. The maximum absolute atomic E-state index is 12.2. The van der Waals surface area contributed by atoms with Crippen LogP contribution in [0.2, 0.25) is 5.02 Å². The Morgan fingerprint density at radius 3 is 2.78 bits per heavy atom. The highest BCUT2D eigenvalue weighted by molar-refractivity contribution is 6.33. The lowest BCUT2D eigenvalue weighted by atomic mass is 10.1. The average molecular weight is 413 g/mol. The van der Waals surface area contributed by atoms with Crippen molar-refractivity contribution in [3.05, 3.63) is 40.7 Å². The zero-order valence-corrected chi connectivity index (χ0v) is 16.4. The van der Waals surface area contributed by atoms with Crippen molar-refractivity contribution in [1.29, 1.82) is 0 Å². The van der Waals surface area contributed by atoms with Crippen LogP contribution in [0.5, 0.6) is 0 Å². The fourth-order valence-corrected chi connectivity index (χ4v) is 3.08. The molecule has 1 aromatic heterocycles. The summed E-state index contributed by atoms with van der Waals surface area (Å²) in [6.45, 7) is 3.58. The Morgan fingerprint density at radius 1 is 1.33 bits per heavy atom. The second kappa shape index (κ2) is 9.68. The van der Waals surface area contributed by atoms with Crippen LogP contribution in [0.1, 0.15) is 34.9 Å². The minimum absolute atomic E-state index is 0. The molecule has 2 amide bonds. The summed E-state index contributed by atoms with van der Waals surface area (Å²) >= 11 is 6.08. The second-order valence-electron chi connectivity index (χ2n) is 6.28. The van der Waals surface area contributed by atoms with Gasteiger partial charge in [0.2, 0.25) is 5.91 Å². The molecule has 0 spiro atoms. The van der Waals surface area contributed by atoms with Gasteiger partial charge in [-0.2, -0.15) is 0 Å². The van der Waals surface area contributed by atoms with E-state index >= 15 is 0 Å². The predicted molar refractivity (Wildman–Crippen MR) is 106 cm³/mol. The molecule has 1 aliphatic rings. The van der Waals surface area contributed by atoms with Crippen molar-refractivity contribution in [2.75, 3.05) is 25.0 Å². The summed E-state index contributed by atoms with van der Waals surface area (Å²) < 4.78 is 1.72. The quantitative estimate of drug-likeness (QED) is 0.696. The summed E-state index contributed by atoms with van der Waals surface area (Å²) in [5.74, 6) is -0.801. The van der Waals surface area contributed by atoms with Crippen LogP contribution in [0.15, 0.2) is 24.4 Å². The van der Waals surface area contributed by atoms with Crippen LogP contribution in [-0.4, -0.2) is 46.4 Å². The molecule has 1 fully saturated rings. The number of nitrogens with one attached hydrogen (secondary N) is 3. The molecule has 2 aromatic rings. The van der Waals surface area contributed by atoms with Crippen molar-refractivity contribution < 1.29 is 9.59 Å². The molecule has 8 nitrogen and oxygen atoms in total. The molecule has 1 aliphatic heterocycles. The minimum Gasteiger partial charge on any atom is -0.342 e. The lowest BCUT2D eigenvalue weighted by Gasteiger charge is -2.22. The number of halogens is 2. The highest BCUT2D eigenvalue weighted by atomic mass is 35.5. The van der Waals surface area contributed by atoms with E-state index in [9.17, 15) is 9.59 Å². The van der Waals surface area contributed by atoms with Crippen LogP contribution in [0.25, 0.3) is 0 Å². The monoisotopic (exact) mass is 412 g/mol. The smallest absolute Gasteiger partial charge is 0.273 e. The van der Waals surface area contributed by atoms with Gasteiger partial charge in [0.15, 0.2) is 5.69 Å². The fraction of sp³-hybridized carbons (Fsp3) is 0.412. The molecule has 0 bridgehead atoms. The number of amides is 2. The van der Waals surface area contributed by atoms with E-state index in [4.69, 9.17) is 11.6 Å². The van der Waals surface area contributed by atoms with Gasteiger partial charge >= 0.3 is 0 Å². The van der Waals surface area contributed by atoms with Crippen molar-refractivity contribution in [3.63, 3.8) is 0 Å². The fourth-order valence-electron chi connectivity index (χ4n) is 2.80. The molecule has 1 saturated heterocycles. The normalized spacial score (nSPS) is 14.3. The number of benzene rings is 1. The highest BCUT2D eigenvalue weighted by Crippen LogP contribution is 2.22.